The molecule has 0 aliphatic heterocycles. The molecule has 2 fully saturated rings. The first-order valence-corrected chi connectivity index (χ1v) is 12.7. The molecular formula is C29H40FN. The van der Waals surface area contributed by atoms with Gasteiger partial charge in [0.1, 0.15) is 6.07 Å². The van der Waals surface area contributed by atoms with Crippen molar-refractivity contribution < 1.29 is 4.39 Å². The van der Waals surface area contributed by atoms with E-state index in [1.54, 1.807) is 11.6 Å². The summed E-state index contributed by atoms with van der Waals surface area (Å²) in [5.74, 6) is 2.44. The summed E-state index contributed by atoms with van der Waals surface area (Å²) in [6.07, 6.45) is 22.2. The molecule has 1 aromatic carbocycles. The fourth-order valence-corrected chi connectivity index (χ4v) is 5.60. The van der Waals surface area contributed by atoms with Crippen molar-refractivity contribution in [3.63, 3.8) is 0 Å². The lowest BCUT2D eigenvalue weighted by Crippen LogP contribution is -2.17. The van der Waals surface area contributed by atoms with Gasteiger partial charge in [-0.05, 0) is 105 Å². The van der Waals surface area contributed by atoms with Gasteiger partial charge in [0.25, 0.3) is 0 Å². The van der Waals surface area contributed by atoms with Crippen LogP contribution in [0.2, 0.25) is 0 Å². The number of hydrogen-bond acceptors (Lipinski definition) is 1. The van der Waals surface area contributed by atoms with E-state index in [1.165, 1.54) is 101 Å². The lowest BCUT2D eigenvalue weighted by molar-refractivity contribution is 0.246. The van der Waals surface area contributed by atoms with Crippen molar-refractivity contribution in [3.05, 3.63) is 59.4 Å². The topological polar surface area (TPSA) is 23.8 Å². The van der Waals surface area contributed by atoms with Crippen LogP contribution in [0, 0.1) is 29.1 Å². The van der Waals surface area contributed by atoms with E-state index >= 15 is 0 Å². The molecule has 2 heteroatoms. The first-order valence-electron chi connectivity index (χ1n) is 12.7. The number of aryl methyl sites for hydroxylation is 1. The molecule has 0 saturated heterocycles. The minimum absolute atomic E-state index is 0.558. The van der Waals surface area contributed by atoms with Gasteiger partial charge in [-0.1, -0.05) is 62.6 Å². The number of benzene rings is 1. The first-order chi connectivity index (χ1) is 15.2. The van der Waals surface area contributed by atoms with Crippen LogP contribution in [0.3, 0.4) is 0 Å². The standard InChI is InChI=1S/C29H40FN/c1-2-3-5-23-14-18-27(19-15-23)28-20-16-26(17-21-28)13-12-25-10-8-24(9-11-25)6-4-7-29(30)22-31/h4,6-7,14-15,18-19,24-26,28H,2-3,5,8-13,16-17,20-21H2,1H3/b6-4+,29-7-. The van der Waals surface area contributed by atoms with E-state index in [2.05, 4.69) is 37.3 Å². The van der Waals surface area contributed by atoms with Crippen LogP contribution in [0.1, 0.15) is 101 Å². The molecule has 0 N–H and O–H groups in total. The van der Waals surface area contributed by atoms with E-state index < -0.39 is 5.83 Å². The van der Waals surface area contributed by atoms with Crippen LogP contribution in [-0.2, 0) is 6.42 Å². The number of allylic oxidation sites excluding steroid dienone is 4. The van der Waals surface area contributed by atoms with Gasteiger partial charge in [-0.3, -0.25) is 0 Å². The summed E-state index contributed by atoms with van der Waals surface area (Å²) in [5, 5.41) is 8.45. The Labute approximate surface area is 189 Å². The van der Waals surface area contributed by atoms with Crippen LogP contribution in [0.4, 0.5) is 4.39 Å². The third-order valence-electron chi connectivity index (χ3n) is 7.72. The molecule has 3 rings (SSSR count). The third-order valence-corrected chi connectivity index (χ3v) is 7.72. The van der Waals surface area contributed by atoms with Gasteiger partial charge in [0.05, 0.1) is 0 Å². The van der Waals surface area contributed by atoms with Crippen molar-refractivity contribution in [2.45, 2.75) is 96.3 Å². The zero-order chi connectivity index (χ0) is 21.9. The highest BCUT2D eigenvalue weighted by Crippen LogP contribution is 2.40. The van der Waals surface area contributed by atoms with Crippen LogP contribution in [0.25, 0.3) is 0 Å². The number of hydrogen-bond donors (Lipinski definition) is 0. The maximum absolute atomic E-state index is 12.9. The van der Waals surface area contributed by atoms with Crippen molar-refractivity contribution in [2.24, 2.45) is 17.8 Å². The van der Waals surface area contributed by atoms with Gasteiger partial charge in [0, 0.05) is 0 Å². The Morgan fingerprint density at radius 2 is 1.58 bits per heavy atom. The first kappa shape index (κ1) is 23.8. The molecule has 0 heterocycles. The van der Waals surface area contributed by atoms with Gasteiger partial charge in [-0.2, -0.15) is 9.65 Å². The second kappa shape index (κ2) is 12.8. The molecular weight excluding hydrogens is 381 g/mol. The van der Waals surface area contributed by atoms with E-state index in [4.69, 9.17) is 5.26 Å². The molecule has 2 saturated carbocycles. The van der Waals surface area contributed by atoms with Crippen molar-refractivity contribution in [1.29, 1.82) is 5.26 Å². The third kappa shape index (κ3) is 7.95. The molecule has 1 aromatic rings. The largest absolute Gasteiger partial charge is 0.199 e. The Balaban J connectivity index is 1.32. The van der Waals surface area contributed by atoms with Gasteiger partial charge >= 0.3 is 0 Å². The van der Waals surface area contributed by atoms with Gasteiger partial charge in [0.2, 0.25) is 0 Å². The number of nitriles is 1. The number of rotatable bonds is 9. The Bertz CT molecular complexity index is 738. The molecule has 31 heavy (non-hydrogen) atoms. The fourth-order valence-electron chi connectivity index (χ4n) is 5.60. The predicted molar refractivity (Wildman–Crippen MR) is 128 cm³/mol. The number of nitrogens with zero attached hydrogens (tertiary/aromatic N) is 1. The van der Waals surface area contributed by atoms with Crippen LogP contribution >= 0.6 is 0 Å². The Kier molecular flexibility index (Phi) is 9.85. The Morgan fingerprint density at radius 1 is 0.968 bits per heavy atom. The summed E-state index contributed by atoms with van der Waals surface area (Å²) < 4.78 is 12.9. The zero-order valence-electron chi connectivity index (χ0n) is 19.4. The SMILES string of the molecule is CCCCc1ccc(C2CCC(CCC3CCC(/C=C/C=C(\F)C#N)CC3)CC2)cc1. The van der Waals surface area contributed by atoms with E-state index in [0.29, 0.717) is 5.92 Å². The average Bonchev–Trinajstić information content (AvgIpc) is 2.83. The molecule has 0 amide bonds. The second-order valence-corrected chi connectivity index (χ2v) is 9.93. The summed E-state index contributed by atoms with van der Waals surface area (Å²) in [7, 11) is 0. The Morgan fingerprint density at radius 3 is 2.16 bits per heavy atom. The van der Waals surface area contributed by atoms with Gasteiger partial charge in [0.15, 0.2) is 5.83 Å². The van der Waals surface area contributed by atoms with Crippen LogP contribution < -0.4 is 0 Å². The lowest BCUT2D eigenvalue weighted by atomic mass is 9.74. The van der Waals surface area contributed by atoms with E-state index in [1.807, 2.05) is 0 Å². The van der Waals surface area contributed by atoms with Gasteiger partial charge in [-0.25, -0.2) is 0 Å². The normalized spacial score (nSPS) is 27.3. The molecule has 0 radical (unpaired) electrons. The molecule has 168 valence electrons. The maximum Gasteiger partial charge on any atom is 0.199 e. The smallest absolute Gasteiger partial charge is 0.195 e. The number of unbranched alkanes of at least 4 members (excludes halogenated alkanes) is 1. The van der Waals surface area contributed by atoms with Gasteiger partial charge in [-0.15, -0.1) is 0 Å². The summed E-state index contributed by atoms with van der Waals surface area (Å²) in [6.45, 7) is 2.26. The highest BCUT2D eigenvalue weighted by Gasteiger charge is 2.24. The van der Waals surface area contributed by atoms with Crippen molar-refractivity contribution >= 4 is 0 Å². The molecule has 2 aliphatic rings. The summed E-state index contributed by atoms with van der Waals surface area (Å²) >= 11 is 0. The van der Waals surface area contributed by atoms with Crippen LogP contribution in [0.5, 0.6) is 0 Å². The highest BCUT2D eigenvalue weighted by atomic mass is 19.1. The van der Waals surface area contributed by atoms with Crippen LogP contribution in [0.15, 0.2) is 48.3 Å². The molecule has 0 bridgehead atoms. The van der Waals surface area contributed by atoms with E-state index in [9.17, 15) is 4.39 Å². The van der Waals surface area contributed by atoms with Crippen LogP contribution in [-0.4, -0.2) is 0 Å². The van der Waals surface area contributed by atoms with Crippen molar-refractivity contribution in [3.8, 4) is 6.07 Å². The molecule has 1 nitrogen and oxygen atoms in total. The monoisotopic (exact) mass is 421 g/mol. The minimum Gasteiger partial charge on any atom is -0.195 e. The zero-order valence-corrected chi connectivity index (χ0v) is 19.4. The molecule has 2 aliphatic carbocycles. The number of halogens is 1. The van der Waals surface area contributed by atoms with Crippen molar-refractivity contribution in [1.82, 2.24) is 0 Å². The molecule has 0 spiro atoms. The molecule has 0 aromatic heterocycles. The maximum atomic E-state index is 12.9. The summed E-state index contributed by atoms with van der Waals surface area (Å²) in [4.78, 5) is 0. The second-order valence-electron chi connectivity index (χ2n) is 9.93. The predicted octanol–water partition coefficient (Wildman–Crippen LogP) is 8.82. The van der Waals surface area contributed by atoms with Gasteiger partial charge < -0.3 is 0 Å². The highest BCUT2D eigenvalue weighted by molar-refractivity contribution is 5.26. The average molecular weight is 422 g/mol. The molecule has 0 unspecified atom stereocenters. The van der Waals surface area contributed by atoms with E-state index in [0.717, 1.165) is 17.8 Å². The lowest BCUT2D eigenvalue weighted by Gasteiger charge is -2.31. The quantitative estimate of drug-likeness (QED) is 0.288. The summed E-state index contributed by atoms with van der Waals surface area (Å²) in [5.41, 5.74) is 3.06. The fraction of sp³-hybridized carbons (Fsp3) is 0.621. The molecule has 0 atom stereocenters. The summed E-state index contributed by atoms with van der Waals surface area (Å²) in [6, 6.07) is 11.0. The van der Waals surface area contributed by atoms with E-state index in [-0.39, 0.29) is 0 Å². The van der Waals surface area contributed by atoms with Crippen molar-refractivity contribution in [2.75, 3.05) is 0 Å². The Hall–Kier alpha value is -1.88. The minimum atomic E-state index is -0.705.